The van der Waals surface area contributed by atoms with Crippen molar-refractivity contribution in [2.24, 2.45) is 0 Å². The highest BCUT2D eigenvalue weighted by Crippen LogP contribution is 2.57. The van der Waals surface area contributed by atoms with Gasteiger partial charge in [-0.25, -0.2) is 0 Å². The number of hydrogen-bond donors (Lipinski definition) is 0. The van der Waals surface area contributed by atoms with Crippen LogP contribution in [0.4, 0.5) is 5.69 Å². The third-order valence-electron chi connectivity index (χ3n) is 4.43. The summed E-state index contributed by atoms with van der Waals surface area (Å²) in [5.74, 6) is 0.720. The fraction of sp³-hybridized carbons (Fsp3) is 0.278. The lowest BCUT2D eigenvalue weighted by molar-refractivity contribution is 0.0985. The molecular weight excluding hydrogens is 454 g/mol. The number of carbonyl (C=O) groups excluding carboxylic acids is 1. The van der Waals surface area contributed by atoms with E-state index in [1.54, 1.807) is 7.11 Å². The predicted octanol–water partition coefficient (Wildman–Crippen LogP) is 5.51. The molecule has 0 N–H and O–H groups in total. The van der Waals surface area contributed by atoms with Crippen LogP contribution in [-0.4, -0.2) is 24.3 Å². The summed E-state index contributed by atoms with van der Waals surface area (Å²) in [6, 6.07) is 11.8. The molecule has 1 fully saturated rings. The van der Waals surface area contributed by atoms with Gasteiger partial charge in [0.15, 0.2) is 0 Å². The van der Waals surface area contributed by atoms with Gasteiger partial charge in [-0.3, -0.25) is 4.79 Å². The number of amides is 1. The third-order valence-corrected chi connectivity index (χ3v) is 7.14. The van der Waals surface area contributed by atoms with Crippen molar-refractivity contribution in [3.05, 3.63) is 50.9 Å². The van der Waals surface area contributed by atoms with Crippen LogP contribution in [0.1, 0.15) is 23.2 Å². The summed E-state index contributed by atoms with van der Waals surface area (Å²) in [5, 5.41) is 0. The second-order valence-corrected chi connectivity index (χ2v) is 9.34. The van der Waals surface area contributed by atoms with Gasteiger partial charge in [0.25, 0.3) is 5.91 Å². The largest absolute Gasteiger partial charge is 0.494 e. The first kappa shape index (κ1) is 16.5. The number of nitrogens with zero attached hydrogens (tertiary/aromatic N) is 1. The first-order chi connectivity index (χ1) is 11.5. The number of fused-ring (bicyclic) bond motifs is 1. The second kappa shape index (κ2) is 6.07. The molecule has 6 heteroatoms. The number of thioether (sulfide) groups is 1. The van der Waals surface area contributed by atoms with Crippen molar-refractivity contribution in [1.29, 1.82) is 0 Å². The van der Waals surface area contributed by atoms with E-state index >= 15 is 0 Å². The Kier molecular flexibility index (Phi) is 4.17. The summed E-state index contributed by atoms with van der Waals surface area (Å²) in [5.41, 5.74) is 1.65. The van der Waals surface area contributed by atoms with Crippen LogP contribution in [0.3, 0.4) is 0 Å². The normalized spacial score (nSPS) is 17.5. The number of anilines is 1. The van der Waals surface area contributed by atoms with Crippen molar-refractivity contribution >= 4 is 55.2 Å². The summed E-state index contributed by atoms with van der Waals surface area (Å²) in [6.45, 7) is 0.773. The Labute approximate surface area is 162 Å². The SMILES string of the molecule is COc1c(Br)cc(C(=O)N2CC3(CC3)Sc3ccccc32)cc1Br. The van der Waals surface area contributed by atoms with E-state index in [2.05, 4.69) is 37.9 Å². The molecular formula is C18H15Br2NO2S. The van der Waals surface area contributed by atoms with Gasteiger partial charge < -0.3 is 9.64 Å². The fourth-order valence-electron chi connectivity index (χ4n) is 3.02. The van der Waals surface area contributed by atoms with Gasteiger partial charge in [0, 0.05) is 21.8 Å². The van der Waals surface area contributed by atoms with Crippen LogP contribution in [0, 0.1) is 0 Å². The lowest BCUT2D eigenvalue weighted by Crippen LogP contribution is -2.40. The zero-order chi connectivity index (χ0) is 16.9. The topological polar surface area (TPSA) is 29.5 Å². The maximum atomic E-state index is 13.2. The van der Waals surface area contributed by atoms with Gasteiger partial charge in [0.05, 0.1) is 21.7 Å². The molecule has 1 aliphatic carbocycles. The van der Waals surface area contributed by atoms with Crippen LogP contribution in [-0.2, 0) is 0 Å². The number of halogens is 2. The van der Waals surface area contributed by atoms with Crippen LogP contribution in [0.15, 0.2) is 50.2 Å². The number of carbonyl (C=O) groups is 1. The minimum atomic E-state index is 0.0260. The van der Waals surface area contributed by atoms with E-state index in [9.17, 15) is 4.79 Å². The Morgan fingerprint density at radius 2 is 1.88 bits per heavy atom. The van der Waals surface area contributed by atoms with Crippen LogP contribution < -0.4 is 9.64 Å². The third kappa shape index (κ3) is 2.78. The summed E-state index contributed by atoms with van der Waals surface area (Å²) < 4.78 is 7.08. The Hall–Kier alpha value is -0.980. The molecule has 2 aromatic carbocycles. The molecule has 0 unspecified atom stereocenters. The molecule has 0 radical (unpaired) electrons. The van der Waals surface area contributed by atoms with Gasteiger partial charge in [-0.05, 0) is 69.0 Å². The number of hydrogen-bond acceptors (Lipinski definition) is 3. The zero-order valence-corrected chi connectivity index (χ0v) is 17.0. The monoisotopic (exact) mass is 467 g/mol. The first-order valence-corrected chi connectivity index (χ1v) is 10.1. The van der Waals surface area contributed by atoms with Crippen molar-refractivity contribution in [2.75, 3.05) is 18.6 Å². The van der Waals surface area contributed by atoms with Crippen molar-refractivity contribution in [3.63, 3.8) is 0 Å². The molecule has 0 bridgehead atoms. The fourth-order valence-corrected chi connectivity index (χ4v) is 5.93. The Balaban J connectivity index is 1.75. The summed E-state index contributed by atoms with van der Waals surface area (Å²) in [7, 11) is 1.61. The van der Waals surface area contributed by atoms with Crippen LogP contribution >= 0.6 is 43.6 Å². The first-order valence-electron chi connectivity index (χ1n) is 7.66. The Morgan fingerprint density at radius 3 is 2.50 bits per heavy atom. The molecule has 124 valence electrons. The van der Waals surface area contributed by atoms with Crippen molar-refractivity contribution in [3.8, 4) is 5.75 Å². The maximum absolute atomic E-state index is 13.2. The van der Waals surface area contributed by atoms with Gasteiger partial charge in [0.1, 0.15) is 5.75 Å². The van der Waals surface area contributed by atoms with E-state index in [1.165, 1.54) is 17.7 Å². The number of rotatable bonds is 2. The molecule has 1 spiro atoms. The minimum absolute atomic E-state index is 0.0260. The smallest absolute Gasteiger partial charge is 0.258 e. The second-order valence-electron chi connectivity index (χ2n) is 6.12. The molecule has 1 amide bonds. The number of para-hydroxylation sites is 1. The molecule has 0 aromatic heterocycles. The van der Waals surface area contributed by atoms with E-state index in [-0.39, 0.29) is 10.7 Å². The van der Waals surface area contributed by atoms with Gasteiger partial charge in [0.2, 0.25) is 0 Å². The predicted molar refractivity (Wildman–Crippen MR) is 104 cm³/mol. The summed E-state index contributed by atoms with van der Waals surface area (Å²) in [6.07, 6.45) is 2.34. The molecule has 24 heavy (non-hydrogen) atoms. The number of benzene rings is 2. The van der Waals surface area contributed by atoms with Crippen molar-refractivity contribution in [2.45, 2.75) is 22.5 Å². The molecule has 0 saturated heterocycles. The van der Waals surface area contributed by atoms with E-state index in [4.69, 9.17) is 4.74 Å². The highest BCUT2D eigenvalue weighted by molar-refractivity contribution is 9.11. The Bertz CT molecular complexity index is 813. The molecule has 1 aliphatic heterocycles. The van der Waals surface area contributed by atoms with Crippen LogP contribution in [0.25, 0.3) is 0 Å². The summed E-state index contributed by atoms with van der Waals surface area (Å²) in [4.78, 5) is 16.3. The molecule has 2 aromatic rings. The highest BCUT2D eigenvalue weighted by Gasteiger charge is 2.49. The van der Waals surface area contributed by atoms with E-state index in [1.807, 2.05) is 47.0 Å². The van der Waals surface area contributed by atoms with E-state index < -0.39 is 0 Å². The van der Waals surface area contributed by atoms with Crippen LogP contribution in [0.5, 0.6) is 5.75 Å². The van der Waals surface area contributed by atoms with E-state index in [0.717, 1.165) is 21.2 Å². The lowest BCUT2D eigenvalue weighted by Gasteiger charge is -2.34. The molecule has 1 saturated carbocycles. The molecule has 2 aliphatic rings. The van der Waals surface area contributed by atoms with E-state index in [0.29, 0.717) is 11.3 Å². The quantitative estimate of drug-likeness (QED) is 0.582. The summed E-state index contributed by atoms with van der Waals surface area (Å²) >= 11 is 8.90. The zero-order valence-electron chi connectivity index (χ0n) is 13.0. The van der Waals surface area contributed by atoms with Crippen molar-refractivity contribution in [1.82, 2.24) is 0 Å². The van der Waals surface area contributed by atoms with Gasteiger partial charge >= 0.3 is 0 Å². The molecule has 4 rings (SSSR count). The van der Waals surface area contributed by atoms with Crippen LogP contribution in [0.2, 0.25) is 0 Å². The molecule has 3 nitrogen and oxygen atoms in total. The standard InChI is InChI=1S/C18H15Br2NO2S/c1-23-16-12(19)8-11(9-13(16)20)17(22)21-10-18(6-7-18)24-15-5-3-2-4-14(15)21/h2-5,8-9H,6-7,10H2,1H3. The van der Waals surface area contributed by atoms with Gasteiger partial charge in [-0.15, -0.1) is 11.8 Å². The van der Waals surface area contributed by atoms with Gasteiger partial charge in [-0.2, -0.15) is 0 Å². The molecule has 0 atom stereocenters. The maximum Gasteiger partial charge on any atom is 0.258 e. The molecule has 1 heterocycles. The Morgan fingerprint density at radius 1 is 1.21 bits per heavy atom. The highest BCUT2D eigenvalue weighted by atomic mass is 79.9. The average Bonchev–Trinajstić information content (AvgIpc) is 3.31. The van der Waals surface area contributed by atoms with Crippen molar-refractivity contribution < 1.29 is 9.53 Å². The minimum Gasteiger partial charge on any atom is -0.494 e. The number of ether oxygens (including phenoxy) is 1. The average molecular weight is 469 g/mol. The lowest BCUT2D eigenvalue weighted by atomic mass is 10.1. The van der Waals surface area contributed by atoms with Gasteiger partial charge in [-0.1, -0.05) is 12.1 Å². The number of methoxy groups -OCH3 is 1.